The van der Waals surface area contributed by atoms with E-state index < -0.39 is 193 Å². The lowest BCUT2D eigenvalue weighted by Crippen LogP contribution is -2.61. The molecular weight excluding hydrogens is 1310 g/mol. The number of aliphatic carboxylic acids is 2. The number of carboxylic acid groups (broad SMARTS) is 2. The predicted molar refractivity (Wildman–Crippen MR) is 362 cm³/mol. The predicted octanol–water partition coefficient (Wildman–Crippen LogP) is -1.09. The molecule has 0 bridgehead atoms. The minimum absolute atomic E-state index is 0.00193. The van der Waals surface area contributed by atoms with E-state index in [1.54, 1.807) is 102 Å². The first-order valence-electron chi connectivity index (χ1n) is 31.9. The minimum atomic E-state index is -1.70. The second kappa shape index (κ2) is 37.7. The molecule has 0 radical (unpaired) electrons. The van der Waals surface area contributed by atoms with Gasteiger partial charge in [-0.05, 0) is 74.1 Å². The first-order valence-corrected chi connectivity index (χ1v) is 34.3. The number of aromatic amines is 2. The highest BCUT2D eigenvalue weighted by atomic mass is 33.1. The Morgan fingerprint density at radius 2 is 1.02 bits per heavy atom. The van der Waals surface area contributed by atoms with Gasteiger partial charge >= 0.3 is 11.9 Å². The lowest BCUT2D eigenvalue weighted by molar-refractivity contribution is -0.141. The highest BCUT2D eigenvalue weighted by molar-refractivity contribution is 8.76. The van der Waals surface area contributed by atoms with Crippen LogP contribution in [0.5, 0.6) is 0 Å². The van der Waals surface area contributed by atoms with Crippen molar-refractivity contribution in [2.75, 3.05) is 18.1 Å². The fourth-order valence-corrected chi connectivity index (χ4v) is 12.7. The Bertz CT molecular complexity index is 3560. The van der Waals surface area contributed by atoms with Gasteiger partial charge in [0.05, 0.1) is 13.0 Å². The van der Waals surface area contributed by atoms with E-state index in [0.717, 1.165) is 28.5 Å². The molecule has 1 saturated heterocycles. The van der Waals surface area contributed by atoms with Crippen molar-refractivity contribution in [2.24, 2.45) is 23.5 Å². The topological polar surface area (TPSA) is 498 Å². The molecule has 2 aromatic heterocycles. The van der Waals surface area contributed by atoms with Gasteiger partial charge in [0.1, 0.15) is 66.5 Å². The van der Waals surface area contributed by atoms with Crippen molar-refractivity contribution >= 4 is 132 Å². The largest absolute Gasteiger partial charge is 0.481 e. The number of aromatic nitrogens is 2. The normalized spacial score (nSPS) is 23.6. The summed E-state index contributed by atoms with van der Waals surface area (Å²) < 4.78 is 0. The number of rotatable bonds is 18. The average molecular weight is 1400 g/mol. The van der Waals surface area contributed by atoms with Gasteiger partial charge in [0.15, 0.2) is 0 Å². The summed E-state index contributed by atoms with van der Waals surface area (Å²) in [6.45, 7) is 12.9. The molecule has 98 heavy (non-hydrogen) atoms. The molecule has 0 aliphatic carbocycles. The fourth-order valence-electron chi connectivity index (χ4n) is 10.4. The van der Waals surface area contributed by atoms with Gasteiger partial charge in [0.25, 0.3) is 0 Å². The molecule has 1 aliphatic rings. The molecule has 1 aliphatic heterocycles. The van der Waals surface area contributed by atoms with Crippen molar-refractivity contribution in [3.8, 4) is 0 Å². The van der Waals surface area contributed by atoms with Crippen molar-refractivity contribution in [2.45, 2.75) is 174 Å². The first-order chi connectivity index (χ1) is 46.2. The molecule has 534 valence electrons. The number of carbonyl (C=O) groups excluding carboxylic acids is 13. The van der Waals surface area contributed by atoms with Gasteiger partial charge in [-0.2, -0.15) is 0 Å². The molecule has 32 nitrogen and oxygen atoms in total. The lowest BCUT2D eigenvalue weighted by atomic mass is 9.98. The van der Waals surface area contributed by atoms with E-state index in [1.807, 2.05) is 0 Å². The van der Waals surface area contributed by atoms with Gasteiger partial charge in [0, 0.05) is 71.9 Å². The Morgan fingerprint density at radius 3 is 1.53 bits per heavy atom. The summed E-state index contributed by atoms with van der Waals surface area (Å²) >= 11 is 0. The zero-order valence-corrected chi connectivity index (χ0v) is 57.5. The number of carbonyl (C=O) groups is 15. The number of fused-ring (bicyclic) bond motifs is 2. The van der Waals surface area contributed by atoms with E-state index >= 15 is 0 Å². The quantitative estimate of drug-likeness (QED) is 0.0526. The minimum Gasteiger partial charge on any atom is -0.481 e. The number of primary amides is 1. The van der Waals surface area contributed by atoms with E-state index in [2.05, 4.69) is 73.8 Å². The van der Waals surface area contributed by atoms with E-state index in [-0.39, 0.29) is 43.3 Å². The van der Waals surface area contributed by atoms with Crippen LogP contribution in [0.15, 0.2) is 60.9 Å². The van der Waals surface area contributed by atoms with Crippen molar-refractivity contribution < 1.29 is 82.1 Å². The van der Waals surface area contributed by atoms with Gasteiger partial charge in [-0.3, -0.25) is 71.9 Å². The molecule has 18 N–H and O–H groups in total. The number of hydrogen-bond donors (Lipinski definition) is 17. The molecule has 4 aromatic rings. The maximum atomic E-state index is 14.6. The molecule has 0 unspecified atom stereocenters. The number of H-pyrrole nitrogens is 2. The van der Waals surface area contributed by atoms with Crippen LogP contribution in [0.1, 0.15) is 106 Å². The standard InChI is InChI=1S/C64H89N15O17S2/c1-30(2)20-43-57(89)68-27-50(81)72-42(18-19-51(82)83)58(90)75-44(21-31(3)4)62(94)79-53(32(5)6)64(96)76-46(23-37-26-67-41-17-13-11-15-39(37)41)60(92)77-48(54(65)86)28-97-98-29-49(78-61(93)47(24-52(84)85)71-35(9)80)63(95)70-34(8)56(88)74-45(59(91)69-33(7)55(87)73-43)22-36-25-66-40-16-12-10-14-38(36)40/h10-17,25-26,30-34,42-49,53,66-67H,18-24,27-29H2,1-9H3,(H2,65,86)(H,68,89)(H,69,91)(H,70,95)(H,71,80)(H,72,81)(H,73,87)(H,74,88)(H,75,90)(H,76,96)(H,77,92)(H,78,93)(H,79,94)(H,82,83)(H,84,85)/t33-,34-,42-,43-,44-,45-,46-,47-,48-,49-,53-/m0/s1. The maximum Gasteiger partial charge on any atom is 0.305 e. The molecule has 13 amide bonds. The molecular formula is C64H89N15O17S2. The Morgan fingerprint density at radius 1 is 0.551 bits per heavy atom. The summed E-state index contributed by atoms with van der Waals surface area (Å²) in [4.78, 5) is 211. The molecule has 0 spiro atoms. The van der Waals surface area contributed by atoms with Crippen LogP contribution in [0.3, 0.4) is 0 Å². The van der Waals surface area contributed by atoms with E-state index in [1.165, 1.54) is 13.8 Å². The van der Waals surface area contributed by atoms with Crippen LogP contribution >= 0.6 is 21.6 Å². The highest BCUT2D eigenvalue weighted by Crippen LogP contribution is 2.25. The summed E-state index contributed by atoms with van der Waals surface area (Å²) in [5, 5.41) is 50.9. The van der Waals surface area contributed by atoms with Crippen molar-refractivity contribution in [3.63, 3.8) is 0 Å². The number of benzene rings is 2. The van der Waals surface area contributed by atoms with E-state index in [9.17, 15) is 82.1 Å². The summed E-state index contributed by atoms with van der Waals surface area (Å²) in [5.74, 6) is -17.1. The smallest absolute Gasteiger partial charge is 0.305 e. The Balaban J connectivity index is 1.55. The number of amides is 13. The van der Waals surface area contributed by atoms with Crippen molar-refractivity contribution in [3.05, 3.63) is 72.1 Å². The third kappa shape index (κ3) is 24.7. The molecule has 34 heteroatoms. The van der Waals surface area contributed by atoms with Gasteiger partial charge in [-0.15, -0.1) is 0 Å². The SMILES string of the molecule is CC(=O)N[C@@H](CC(=O)O)C(=O)N[C@H]1CSSC[C@@H](C(N)=O)NC(=O)[C@H](Cc2c[nH]c3ccccc23)NC(=O)[C@H](C(C)C)NC(=O)[C@H](CC(C)C)NC(=O)[C@H](CCC(=O)O)NC(=O)CNC(=O)[C@H](CC(C)C)NC(=O)[C@H](C)NC(=O)[C@H](Cc2c[nH]c3ccccc23)NC(=O)[C@H](C)NC1=O. The number of para-hydroxylation sites is 2. The maximum absolute atomic E-state index is 14.6. The van der Waals surface area contributed by atoms with Crippen molar-refractivity contribution in [1.82, 2.24) is 73.8 Å². The highest BCUT2D eigenvalue weighted by Gasteiger charge is 2.37. The Labute approximate surface area is 572 Å². The molecule has 1 fully saturated rings. The third-order valence-electron chi connectivity index (χ3n) is 15.5. The van der Waals surface area contributed by atoms with Crippen LogP contribution in [0.2, 0.25) is 0 Å². The number of nitrogens with one attached hydrogen (secondary N) is 14. The average Bonchev–Trinajstić information content (AvgIpc) is 1.63. The zero-order chi connectivity index (χ0) is 72.7. The van der Waals surface area contributed by atoms with Crippen molar-refractivity contribution in [1.29, 1.82) is 0 Å². The lowest BCUT2D eigenvalue weighted by Gasteiger charge is -2.29. The molecule has 11 atom stereocenters. The van der Waals surface area contributed by atoms with Crippen LogP contribution in [-0.2, 0) is 84.8 Å². The number of carboxylic acids is 2. The van der Waals surface area contributed by atoms with Crippen LogP contribution in [0.4, 0.5) is 0 Å². The van der Waals surface area contributed by atoms with Gasteiger partial charge < -0.3 is 89.7 Å². The Kier molecular flexibility index (Phi) is 30.4. The van der Waals surface area contributed by atoms with Crippen LogP contribution < -0.4 is 69.5 Å². The third-order valence-corrected chi connectivity index (χ3v) is 18.0. The number of hydrogen-bond acceptors (Lipinski definition) is 17. The van der Waals surface area contributed by atoms with E-state index in [4.69, 9.17) is 5.73 Å². The molecule has 2 aromatic carbocycles. The second-order valence-corrected chi connectivity index (χ2v) is 27.6. The van der Waals surface area contributed by atoms with Crippen LogP contribution in [0.25, 0.3) is 21.8 Å². The van der Waals surface area contributed by atoms with Crippen LogP contribution in [0, 0.1) is 17.8 Å². The Hall–Kier alpha value is -9.73. The van der Waals surface area contributed by atoms with E-state index in [0.29, 0.717) is 32.9 Å². The fraction of sp³-hybridized carbons (Fsp3) is 0.516. The first kappa shape index (κ1) is 79.0. The van der Waals surface area contributed by atoms with Gasteiger partial charge in [-0.1, -0.05) is 99.5 Å². The molecule has 0 saturated carbocycles. The van der Waals surface area contributed by atoms with Gasteiger partial charge in [0.2, 0.25) is 76.8 Å². The summed E-state index contributed by atoms with van der Waals surface area (Å²) in [6, 6.07) is -2.40. The zero-order valence-electron chi connectivity index (χ0n) is 55.8. The monoisotopic (exact) mass is 1400 g/mol. The summed E-state index contributed by atoms with van der Waals surface area (Å²) in [6.07, 6.45) is 0.737. The van der Waals surface area contributed by atoms with Gasteiger partial charge in [-0.25, -0.2) is 0 Å². The summed E-state index contributed by atoms with van der Waals surface area (Å²) in [7, 11) is 1.73. The second-order valence-electron chi connectivity index (χ2n) is 25.0. The molecule has 3 heterocycles. The molecule has 5 rings (SSSR count). The summed E-state index contributed by atoms with van der Waals surface area (Å²) in [5.41, 5.74) is 8.29. The number of nitrogens with two attached hydrogens (primary N) is 1. The van der Waals surface area contributed by atoms with Crippen LogP contribution in [-0.4, -0.2) is 193 Å².